The Morgan fingerprint density at radius 1 is 1.47 bits per heavy atom. The lowest BCUT2D eigenvalue weighted by Gasteiger charge is -2.20. The second kappa shape index (κ2) is 4.00. The highest BCUT2D eigenvalue weighted by molar-refractivity contribution is 5.51. The number of nitrogens with two attached hydrogens (primary N) is 1. The number of pyridine rings is 1. The van der Waals surface area contributed by atoms with Crippen molar-refractivity contribution >= 4 is 11.3 Å². The van der Waals surface area contributed by atoms with E-state index in [1.165, 1.54) is 12.8 Å². The fourth-order valence-corrected chi connectivity index (χ4v) is 2.65. The minimum absolute atomic E-state index is 0.402. The normalized spacial score (nSPS) is 21.4. The van der Waals surface area contributed by atoms with Gasteiger partial charge in [-0.1, -0.05) is 6.92 Å². The van der Waals surface area contributed by atoms with Crippen molar-refractivity contribution in [2.24, 2.45) is 0 Å². The summed E-state index contributed by atoms with van der Waals surface area (Å²) in [6, 6.07) is 4.16. The molecule has 0 aromatic carbocycles. The van der Waals surface area contributed by atoms with Crippen LogP contribution in [0, 0.1) is 0 Å². The van der Waals surface area contributed by atoms with Crippen LogP contribution in [-0.4, -0.2) is 32.6 Å². The first kappa shape index (κ1) is 10.5. The van der Waals surface area contributed by atoms with Crippen LogP contribution in [0.25, 0.3) is 5.65 Å². The maximum atomic E-state index is 5.75. The molecule has 0 radical (unpaired) electrons. The molecule has 1 fully saturated rings. The molecule has 0 bridgehead atoms. The number of likely N-dealkylation sites (tertiary alicyclic amines) is 1. The van der Waals surface area contributed by atoms with E-state index in [0.717, 1.165) is 30.2 Å². The lowest BCUT2D eigenvalue weighted by Crippen LogP contribution is -2.24. The van der Waals surface area contributed by atoms with Gasteiger partial charge in [-0.25, -0.2) is 0 Å². The zero-order chi connectivity index (χ0) is 11.8. The molecule has 0 saturated carbocycles. The molecule has 1 saturated heterocycles. The minimum atomic E-state index is 0.402. The van der Waals surface area contributed by atoms with Gasteiger partial charge in [0.2, 0.25) is 0 Å². The van der Waals surface area contributed by atoms with Gasteiger partial charge in [-0.2, -0.15) is 0 Å². The molecule has 5 heteroatoms. The first-order chi connectivity index (χ1) is 8.29. The Hall–Kier alpha value is -1.62. The summed E-state index contributed by atoms with van der Waals surface area (Å²) in [7, 11) is 0. The van der Waals surface area contributed by atoms with Gasteiger partial charge in [0.25, 0.3) is 0 Å². The van der Waals surface area contributed by atoms with E-state index < -0.39 is 0 Å². The van der Waals surface area contributed by atoms with E-state index in [4.69, 9.17) is 5.73 Å². The molecular weight excluding hydrogens is 214 g/mol. The third kappa shape index (κ3) is 1.67. The molecule has 0 amide bonds. The zero-order valence-corrected chi connectivity index (χ0v) is 10.0. The second-order valence-corrected chi connectivity index (χ2v) is 4.53. The van der Waals surface area contributed by atoms with Crippen LogP contribution >= 0.6 is 0 Å². The Kier molecular flexibility index (Phi) is 2.48. The number of fused-ring (bicyclic) bond motifs is 1. The van der Waals surface area contributed by atoms with Gasteiger partial charge < -0.3 is 5.73 Å². The van der Waals surface area contributed by atoms with Gasteiger partial charge in [-0.05, 0) is 32.0 Å². The molecule has 90 valence electrons. The van der Waals surface area contributed by atoms with Crippen LogP contribution in [0.1, 0.15) is 31.6 Å². The van der Waals surface area contributed by atoms with E-state index in [0.29, 0.717) is 6.04 Å². The van der Waals surface area contributed by atoms with Crippen LogP contribution in [0.2, 0.25) is 0 Å². The van der Waals surface area contributed by atoms with Gasteiger partial charge in [0.1, 0.15) is 0 Å². The molecule has 3 rings (SSSR count). The molecule has 1 atom stereocenters. The fraction of sp³-hybridized carbons (Fsp3) is 0.500. The third-order valence-electron chi connectivity index (χ3n) is 3.53. The maximum Gasteiger partial charge on any atom is 0.162 e. The summed E-state index contributed by atoms with van der Waals surface area (Å²) in [6.45, 7) is 4.42. The highest BCUT2D eigenvalue weighted by Crippen LogP contribution is 2.30. The number of aromatic nitrogens is 3. The fourth-order valence-electron chi connectivity index (χ4n) is 2.65. The Bertz CT molecular complexity index is 533. The van der Waals surface area contributed by atoms with Crippen molar-refractivity contribution < 1.29 is 0 Å². The Morgan fingerprint density at radius 3 is 3.18 bits per heavy atom. The number of rotatable bonds is 2. The molecular formula is C12H17N5. The number of nitrogens with zero attached hydrogens (tertiary/aromatic N) is 4. The van der Waals surface area contributed by atoms with Gasteiger partial charge >= 0.3 is 0 Å². The van der Waals surface area contributed by atoms with Gasteiger partial charge in [0.15, 0.2) is 11.5 Å². The molecule has 1 aliphatic heterocycles. The predicted octanol–water partition coefficient (Wildman–Crippen LogP) is 1.47. The van der Waals surface area contributed by atoms with E-state index in [1.54, 1.807) is 0 Å². The molecule has 2 aromatic rings. The predicted molar refractivity (Wildman–Crippen MR) is 66.6 cm³/mol. The summed E-state index contributed by atoms with van der Waals surface area (Å²) in [5.74, 6) is 1.04. The summed E-state index contributed by atoms with van der Waals surface area (Å²) >= 11 is 0. The van der Waals surface area contributed by atoms with E-state index in [2.05, 4.69) is 26.4 Å². The summed E-state index contributed by atoms with van der Waals surface area (Å²) in [4.78, 5) is 2.45. The molecule has 3 heterocycles. The lowest BCUT2D eigenvalue weighted by atomic mass is 10.2. The molecule has 2 aromatic heterocycles. The maximum absolute atomic E-state index is 5.75. The summed E-state index contributed by atoms with van der Waals surface area (Å²) < 4.78 is 2.05. The summed E-state index contributed by atoms with van der Waals surface area (Å²) in [6.07, 6.45) is 4.37. The average Bonchev–Trinajstić information content (AvgIpc) is 2.92. The standard InChI is InChI=1S/C12H17N5/c1-2-16-6-3-4-10(16)12-15-14-11-8-9(13)5-7-17(11)12/h5,7-8,10H,2-4,6,13H2,1H3. The third-order valence-corrected chi connectivity index (χ3v) is 3.53. The highest BCUT2D eigenvalue weighted by Gasteiger charge is 2.28. The van der Waals surface area contributed by atoms with Crippen LogP contribution in [0.4, 0.5) is 5.69 Å². The van der Waals surface area contributed by atoms with Gasteiger partial charge in [0.05, 0.1) is 6.04 Å². The van der Waals surface area contributed by atoms with Crippen molar-refractivity contribution in [1.29, 1.82) is 0 Å². The Balaban J connectivity index is 2.05. The molecule has 5 nitrogen and oxygen atoms in total. The summed E-state index contributed by atoms with van der Waals surface area (Å²) in [5, 5.41) is 8.53. The first-order valence-corrected chi connectivity index (χ1v) is 6.14. The topological polar surface area (TPSA) is 59.5 Å². The van der Waals surface area contributed by atoms with Crippen LogP contribution in [-0.2, 0) is 0 Å². The van der Waals surface area contributed by atoms with Crippen molar-refractivity contribution in [2.45, 2.75) is 25.8 Å². The highest BCUT2D eigenvalue weighted by atomic mass is 15.3. The first-order valence-electron chi connectivity index (χ1n) is 6.14. The van der Waals surface area contributed by atoms with Crippen LogP contribution < -0.4 is 5.73 Å². The largest absolute Gasteiger partial charge is 0.399 e. The SMILES string of the molecule is CCN1CCCC1c1nnc2cc(N)ccn12. The van der Waals surface area contributed by atoms with Crippen molar-refractivity contribution in [3.05, 3.63) is 24.2 Å². The lowest BCUT2D eigenvalue weighted by molar-refractivity contribution is 0.261. The Morgan fingerprint density at radius 2 is 2.35 bits per heavy atom. The van der Waals surface area contributed by atoms with Gasteiger partial charge in [-0.15, -0.1) is 10.2 Å². The van der Waals surface area contributed by atoms with E-state index in [9.17, 15) is 0 Å². The second-order valence-electron chi connectivity index (χ2n) is 4.53. The minimum Gasteiger partial charge on any atom is -0.399 e. The Labute approximate surface area is 100 Å². The van der Waals surface area contributed by atoms with Gasteiger partial charge in [-0.3, -0.25) is 9.30 Å². The van der Waals surface area contributed by atoms with E-state index in [1.807, 2.05) is 18.3 Å². The van der Waals surface area contributed by atoms with E-state index in [-0.39, 0.29) is 0 Å². The number of anilines is 1. The van der Waals surface area contributed by atoms with Crippen LogP contribution in [0.5, 0.6) is 0 Å². The van der Waals surface area contributed by atoms with Crippen molar-refractivity contribution in [3.63, 3.8) is 0 Å². The zero-order valence-electron chi connectivity index (χ0n) is 10.0. The van der Waals surface area contributed by atoms with Crippen molar-refractivity contribution in [3.8, 4) is 0 Å². The van der Waals surface area contributed by atoms with Crippen LogP contribution in [0.3, 0.4) is 0 Å². The van der Waals surface area contributed by atoms with Crippen LogP contribution in [0.15, 0.2) is 18.3 Å². The molecule has 0 spiro atoms. The molecule has 1 unspecified atom stereocenters. The monoisotopic (exact) mass is 231 g/mol. The van der Waals surface area contributed by atoms with E-state index >= 15 is 0 Å². The smallest absolute Gasteiger partial charge is 0.162 e. The molecule has 1 aliphatic rings. The number of hydrogen-bond donors (Lipinski definition) is 1. The number of hydrogen-bond acceptors (Lipinski definition) is 4. The average molecular weight is 231 g/mol. The summed E-state index contributed by atoms with van der Waals surface area (Å²) in [5.41, 5.74) is 7.32. The number of nitrogen functional groups attached to an aromatic ring is 1. The van der Waals surface area contributed by atoms with Crippen molar-refractivity contribution in [1.82, 2.24) is 19.5 Å². The quantitative estimate of drug-likeness (QED) is 0.850. The van der Waals surface area contributed by atoms with Gasteiger partial charge in [0, 0.05) is 18.0 Å². The molecule has 2 N–H and O–H groups in total. The van der Waals surface area contributed by atoms with Crippen molar-refractivity contribution in [2.75, 3.05) is 18.8 Å². The molecule has 17 heavy (non-hydrogen) atoms. The molecule has 0 aliphatic carbocycles.